The van der Waals surface area contributed by atoms with Gasteiger partial charge in [-0.3, -0.25) is 5.32 Å². The van der Waals surface area contributed by atoms with Gasteiger partial charge in [-0.15, -0.1) is 0 Å². The number of aromatic nitrogens is 3. The number of carbonyl (C=O) groups excluding carboxylic acids is 1. The van der Waals surface area contributed by atoms with Crippen molar-refractivity contribution < 1.29 is 13.9 Å². The van der Waals surface area contributed by atoms with Gasteiger partial charge in [0.2, 0.25) is 5.95 Å². The zero-order valence-electron chi connectivity index (χ0n) is 13.1. The molecule has 1 N–H and O–H groups in total. The van der Waals surface area contributed by atoms with Crippen LogP contribution in [-0.2, 0) is 4.74 Å². The topological polar surface area (TPSA) is 90.1 Å². The molecule has 0 bridgehead atoms. The Morgan fingerprint density at radius 1 is 1.17 bits per heavy atom. The normalized spacial score (nSPS) is 10.7. The minimum Gasteiger partial charge on any atom is -0.462 e. The van der Waals surface area contributed by atoms with Gasteiger partial charge in [-0.1, -0.05) is 12.1 Å². The van der Waals surface area contributed by atoms with E-state index >= 15 is 0 Å². The van der Waals surface area contributed by atoms with Crippen LogP contribution >= 0.6 is 0 Å². The lowest BCUT2D eigenvalue weighted by atomic mass is 10.2. The number of para-hydroxylation sites is 2. The molecule has 0 unspecified atom stereocenters. The molecule has 0 spiro atoms. The Kier molecular flexibility index (Phi) is 3.92. The predicted molar refractivity (Wildman–Crippen MR) is 84.8 cm³/mol. The molecule has 0 saturated heterocycles. The summed E-state index contributed by atoms with van der Waals surface area (Å²) >= 11 is 0. The summed E-state index contributed by atoms with van der Waals surface area (Å²) in [5, 5.41) is 2.92. The number of fused-ring (bicyclic) bond motifs is 1. The van der Waals surface area contributed by atoms with Crippen LogP contribution < -0.4 is 5.32 Å². The third-order valence-electron chi connectivity index (χ3n) is 3.26. The van der Waals surface area contributed by atoms with Crippen LogP contribution in [0.1, 0.15) is 28.7 Å². The fraction of sp³-hybridized carbons (Fsp3) is 0.250. The van der Waals surface area contributed by atoms with Crippen LogP contribution in [0.2, 0.25) is 0 Å². The maximum absolute atomic E-state index is 11.9. The van der Waals surface area contributed by atoms with E-state index in [-0.39, 0.29) is 0 Å². The Morgan fingerprint density at radius 2 is 1.87 bits per heavy atom. The first-order valence-corrected chi connectivity index (χ1v) is 7.23. The number of hydrogen-bond acceptors (Lipinski definition) is 7. The molecule has 7 nitrogen and oxygen atoms in total. The summed E-state index contributed by atoms with van der Waals surface area (Å²) in [5.41, 5.74) is 2.87. The van der Waals surface area contributed by atoms with Crippen LogP contribution in [0.5, 0.6) is 0 Å². The van der Waals surface area contributed by atoms with Gasteiger partial charge in [0.25, 0.3) is 0 Å². The maximum Gasteiger partial charge on any atom is 0.341 e. The highest BCUT2D eigenvalue weighted by molar-refractivity contribution is 5.91. The average molecular weight is 312 g/mol. The fourth-order valence-electron chi connectivity index (χ4n) is 2.29. The highest BCUT2D eigenvalue weighted by Gasteiger charge is 2.18. The molecule has 0 radical (unpaired) electrons. The number of anilines is 2. The van der Waals surface area contributed by atoms with Crippen molar-refractivity contribution in [3.8, 4) is 0 Å². The summed E-state index contributed by atoms with van der Waals surface area (Å²) in [6.07, 6.45) is 0. The predicted octanol–water partition coefficient (Wildman–Crippen LogP) is 3.15. The van der Waals surface area contributed by atoms with Crippen molar-refractivity contribution in [3.63, 3.8) is 0 Å². The van der Waals surface area contributed by atoms with E-state index in [2.05, 4.69) is 20.3 Å². The molecule has 1 aromatic carbocycles. The van der Waals surface area contributed by atoms with Crippen LogP contribution in [0.4, 0.5) is 12.0 Å². The van der Waals surface area contributed by atoms with E-state index < -0.39 is 5.97 Å². The maximum atomic E-state index is 11.9. The number of hydrogen-bond donors (Lipinski definition) is 1. The number of ether oxygens (including phenoxy) is 1. The molecule has 0 fully saturated rings. The van der Waals surface area contributed by atoms with Gasteiger partial charge in [0.15, 0.2) is 5.58 Å². The Hall–Kier alpha value is -2.96. The second kappa shape index (κ2) is 6.04. The first-order valence-electron chi connectivity index (χ1n) is 7.23. The van der Waals surface area contributed by atoms with Crippen molar-refractivity contribution in [3.05, 3.63) is 41.2 Å². The van der Waals surface area contributed by atoms with Crippen molar-refractivity contribution >= 4 is 29.0 Å². The Bertz CT molecular complexity index is 817. The highest BCUT2D eigenvalue weighted by atomic mass is 16.5. The van der Waals surface area contributed by atoms with Gasteiger partial charge in [0.1, 0.15) is 11.1 Å². The summed E-state index contributed by atoms with van der Waals surface area (Å²) < 4.78 is 10.6. The molecule has 7 heteroatoms. The van der Waals surface area contributed by atoms with Crippen LogP contribution in [0.3, 0.4) is 0 Å². The van der Waals surface area contributed by atoms with E-state index in [1.807, 2.05) is 24.3 Å². The molecular weight excluding hydrogens is 296 g/mol. The van der Waals surface area contributed by atoms with E-state index in [4.69, 9.17) is 9.15 Å². The Labute approximate surface area is 132 Å². The van der Waals surface area contributed by atoms with Gasteiger partial charge >= 0.3 is 12.0 Å². The van der Waals surface area contributed by atoms with E-state index in [0.717, 1.165) is 5.52 Å². The van der Waals surface area contributed by atoms with Gasteiger partial charge in [0, 0.05) is 0 Å². The van der Waals surface area contributed by atoms with Crippen molar-refractivity contribution in [2.24, 2.45) is 0 Å². The quantitative estimate of drug-likeness (QED) is 0.740. The molecule has 0 aliphatic heterocycles. The SMILES string of the molecule is CCOC(=O)c1c(C)nc(Nc2nc3ccccc3o2)nc1C. The number of rotatable bonds is 4. The van der Waals surface area contributed by atoms with Gasteiger partial charge in [-0.2, -0.15) is 4.98 Å². The molecule has 23 heavy (non-hydrogen) atoms. The molecule has 0 saturated carbocycles. The zero-order chi connectivity index (χ0) is 16.4. The molecule has 3 aromatic rings. The van der Waals surface area contributed by atoms with E-state index in [9.17, 15) is 4.79 Å². The smallest absolute Gasteiger partial charge is 0.341 e. The first-order chi connectivity index (χ1) is 11.1. The van der Waals surface area contributed by atoms with Crippen molar-refractivity contribution in [1.29, 1.82) is 0 Å². The fourth-order valence-corrected chi connectivity index (χ4v) is 2.29. The Morgan fingerprint density at radius 3 is 2.52 bits per heavy atom. The summed E-state index contributed by atoms with van der Waals surface area (Å²) in [4.78, 5) is 24.8. The highest BCUT2D eigenvalue weighted by Crippen LogP contribution is 2.21. The van der Waals surface area contributed by atoms with Gasteiger partial charge in [-0.05, 0) is 32.9 Å². The number of carbonyl (C=O) groups is 1. The van der Waals surface area contributed by atoms with Crippen molar-refractivity contribution in [2.75, 3.05) is 11.9 Å². The van der Waals surface area contributed by atoms with Gasteiger partial charge in [-0.25, -0.2) is 14.8 Å². The number of benzene rings is 1. The third-order valence-corrected chi connectivity index (χ3v) is 3.26. The molecule has 0 amide bonds. The van der Waals surface area contributed by atoms with Gasteiger partial charge < -0.3 is 9.15 Å². The summed E-state index contributed by atoms with van der Waals surface area (Å²) in [7, 11) is 0. The number of oxazole rings is 1. The van der Waals surface area contributed by atoms with Crippen LogP contribution in [-0.4, -0.2) is 27.5 Å². The number of aryl methyl sites for hydroxylation is 2. The third kappa shape index (κ3) is 2.98. The van der Waals surface area contributed by atoms with Crippen LogP contribution in [0.25, 0.3) is 11.1 Å². The lowest BCUT2D eigenvalue weighted by Crippen LogP contribution is -2.13. The second-order valence-corrected chi connectivity index (χ2v) is 4.93. The summed E-state index contributed by atoms with van der Waals surface area (Å²) in [6, 6.07) is 7.73. The average Bonchev–Trinajstić information content (AvgIpc) is 2.88. The largest absolute Gasteiger partial charge is 0.462 e. The van der Waals surface area contributed by atoms with Crippen molar-refractivity contribution in [1.82, 2.24) is 15.0 Å². The second-order valence-electron chi connectivity index (χ2n) is 4.93. The van der Waals surface area contributed by atoms with E-state index in [1.54, 1.807) is 20.8 Å². The molecule has 0 aliphatic rings. The number of esters is 1. The summed E-state index contributed by atoms with van der Waals surface area (Å²) in [6.45, 7) is 5.53. The molecule has 0 aliphatic carbocycles. The Balaban J connectivity index is 1.90. The monoisotopic (exact) mass is 312 g/mol. The van der Waals surface area contributed by atoms with Crippen LogP contribution in [0.15, 0.2) is 28.7 Å². The van der Waals surface area contributed by atoms with E-state index in [1.165, 1.54) is 0 Å². The minimum absolute atomic E-state index is 0.300. The lowest BCUT2D eigenvalue weighted by Gasteiger charge is -2.09. The number of nitrogens with one attached hydrogen (secondary N) is 1. The molecule has 0 atom stereocenters. The minimum atomic E-state index is -0.420. The van der Waals surface area contributed by atoms with E-state index in [0.29, 0.717) is 41.1 Å². The van der Waals surface area contributed by atoms with Crippen LogP contribution in [0, 0.1) is 13.8 Å². The van der Waals surface area contributed by atoms with Gasteiger partial charge in [0.05, 0.1) is 18.0 Å². The zero-order valence-corrected chi connectivity index (χ0v) is 13.1. The lowest BCUT2D eigenvalue weighted by molar-refractivity contribution is 0.0523. The standard InChI is InChI=1S/C16H16N4O3/c1-4-22-14(21)13-9(2)17-15(18-10(13)3)20-16-19-11-7-5-6-8-12(11)23-16/h5-8H,4H2,1-3H3,(H,17,18,19,20). The molecule has 2 heterocycles. The summed E-state index contributed by atoms with van der Waals surface area (Å²) in [5.74, 6) is -0.101. The molecule has 2 aromatic heterocycles. The molecule has 118 valence electrons. The number of nitrogens with zero attached hydrogens (tertiary/aromatic N) is 3. The first kappa shape index (κ1) is 15.0. The molecule has 3 rings (SSSR count). The van der Waals surface area contributed by atoms with Crippen molar-refractivity contribution in [2.45, 2.75) is 20.8 Å². The molecular formula is C16H16N4O3.